The SMILES string of the molecule is CCCCCCCCOc1ccc(/C=N\NC(=O)CN(c2ccccc2OC)S(=O)(=O)c2ccccc2)cc1. The lowest BCUT2D eigenvalue weighted by molar-refractivity contribution is -0.119. The number of carbonyl (C=O) groups excluding carboxylic acids is 1. The molecule has 3 aromatic rings. The number of anilines is 1. The van der Waals surface area contributed by atoms with Crippen LogP contribution in [0.15, 0.2) is 88.9 Å². The van der Waals surface area contributed by atoms with Crippen molar-refractivity contribution < 1.29 is 22.7 Å². The molecule has 0 unspecified atom stereocenters. The van der Waals surface area contributed by atoms with Crippen molar-refractivity contribution in [1.29, 1.82) is 0 Å². The van der Waals surface area contributed by atoms with E-state index in [4.69, 9.17) is 9.47 Å². The van der Waals surface area contributed by atoms with Crippen LogP contribution in [0.3, 0.4) is 0 Å². The summed E-state index contributed by atoms with van der Waals surface area (Å²) >= 11 is 0. The van der Waals surface area contributed by atoms with Gasteiger partial charge in [-0.05, 0) is 60.5 Å². The van der Waals surface area contributed by atoms with Crippen LogP contribution in [0, 0.1) is 0 Å². The van der Waals surface area contributed by atoms with Gasteiger partial charge in [-0.3, -0.25) is 9.10 Å². The molecule has 0 heterocycles. The van der Waals surface area contributed by atoms with Crippen molar-refractivity contribution in [2.24, 2.45) is 5.10 Å². The Balaban J connectivity index is 1.60. The van der Waals surface area contributed by atoms with Crippen LogP contribution in [0.1, 0.15) is 51.0 Å². The van der Waals surface area contributed by atoms with Gasteiger partial charge in [0, 0.05) is 0 Å². The summed E-state index contributed by atoms with van der Waals surface area (Å²) in [6.07, 6.45) is 8.75. The van der Waals surface area contributed by atoms with Gasteiger partial charge in [0.25, 0.3) is 15.9 Å². The first-order chi connectivity index (χ1) is 19.0. The summed E-state index contributed by atoms with van der Waals surface area (Å²) in [5.74, 6) is 0.506. The average Bonchev–Trinajstić information content (AvgIpc) is 2.96. The predicted molar refractivity (Wildman–Crippen MR) is 155 cm³/mol. The number of sulfonamides is 1. The quantitative estimate of drug-likeness (QED) is 0.138. The van der Waals surface area contributed by atoms with Crippen LogP contribution in [0.25, 0.3) is 0 Å². The number of rotatable bonds is 16. The van der Waals surface area contributed by atoms with Crippen LogP contribution in [0.4, 0.5) is 5.69 Å². The van der Waals surface area contributed by atoms with E-state index in [1.807, 2.05) is 24.3 Å². The fraction of sp³-hybridized carbons (Fsp3) is 0.333. The third-order valence-corrected chi connectivity index (χ3v) is 7.80. The van der Waals surface area contributed by atoms with Crippen molar-refractivity contribution in [1.82, 2.24) is 5.43 Å². The number of unbranched alkanes of at least 4 members (excludes halogenated alkanes) is 5. The molecule has 0 bridgehead atoms. The Bertz CT molecular complexity index is 1300. The Hall–Kier alpha value is -3.85. The van der Waals surface area contributed by atoms with Gasteiger partial charge in [-0.25, -0.2) is 13.8 Å². The zero-order chi connectivity index (χ0) is 27.9. The van der Waals surface area contributed by atoms with Crippen LogP contribution in [0.5, 0.6) is 11.5 Å². The summed E-state index contributed by atoms with van der Waals surface area (Å²) in [5, 5.41) is 4.01. The van der Waals surface area contributed by atoms with E-state index in [9.17, 15) is 13.2 Å². The van der Waals surface area contributed by atoms with Gasteiger partial charge in [0.05, 0.1) is 30.5 Å². The van der Waals surface area contributed by atoms with Crippen LogP contribution in [-0.4, -0.2) is 40.8 Å². The van der Waals surface area contributed by atoms with E-state index >= 15 is 0 Å². The number of hydrazone groups is 1. The van der Waals surface area contributed by atoms with E-state index in [1.54, 1.807) is 42.5 Å². The lowest BCUT2D eigenvalue weighted by atomic mass is 10.1. The summed E-state index contributed by atoms with van der Waals surface area (Å²) in [4.78, 5) is 12.8. The molecule has 3 rings (SSSR count). The highest BCUT2D eigenvalue weighted by atomic mass is 32.2. The number of amides is 1. The smallest absolute Gasteiger partial charge is 0.264 e. The normalized spacial score (nSPS) is 11.3. The van der Waals surface area contributed by atoms with Crippen molar-refractivity contribution >= 4 is 27.8 Å². The lowest BCUT2D eigenvalue weighted by Gasteiger charge is -2.25. The van der Waals surface area contributed by atoms with Gasteiger partial charge >= 0.3 is 0 Å². The van der Waals surface area contributed by atoms with E-state index in [1.165, 1.54) is 57.6 Å². The van der Waals surface area contributed by atoms with Gasteiger partial charge in [0.2, 0.25) is 0 Å². The fourth-order valence-electron chi connectivity index (χ4n) is 3.92. The Morgan fingerprint density at radius 1 is 0.897 bits per heavy atom. The molecular weight excluding hydrogens is 514 g/mol. The minimum absolute atomic E-state index is 0.0611. The molecule has 1 amide bonds. The molecule has 39 heavy (non-hydrogen) atoms. The van der Waals surface area contributed by atoms with E-state index in [0.717, 1.165) is 22.0 Å². The molecule has 3 aromatic carbocycles. The minimum atomic E-state index is -4.05. The van der Waals surface area contributed by atoms with E-state index in [2.05, 4.69) is 17.5 Å². The van der Waals surface area contributed by atoms with Crippen LogP contribution < -0.4 is 19.2 Å². The summed E-state index contributed by atoms with van der Waals surface area (Å²) in [6, 6.07) is 22.0. The number of ether oxygens (including phenoxy) is 2. The molecule has 0 spiro atoms. The largest absolute Gasteiger partial charge is 0.495 e. The highest BCUT2D eigenvalue weighted by Gasteiger charge is 2.29. The number of carbonyl (C=O) groups is 1. The molecule has 0 fully saturated rings. The molecule has 0 aliphatic heterocycles. The number of hydrogen-bond acceptors (Lipinski definition) is 6. The fourth-order valence-corrected chi connectivity index (χ4v) is 5.37. The van der Waals surface area contributed by atoms with Gasteiger partial charge in [0.15, 0.2) is 0 Å². The van der Waals surface area contributed by atoms with Gasteiger partial charge in [-0.1, -0.05) is 69.4 Å². The maximum Gasteiger partial charge on any atom is 0.264 e. The number of benzene rings is 3. The van der Waals surface area contributed by atoms with E-state index in [-0.39, 0.29) is 10.6 Å². The molecule has 0 atom stereocenters. The summed E-state index contributed by atoms with van der Waals surface area (Å²) in [7, 11) is -2.61. The first-order valence-corrected chi connectivity index (χ1v) is 14.6. The Kier molecular flexibility index (Phi) is 11.8. The molecule has 0 radical (unpaired) electrons. The predicted octanol–water partition coefficient (Wildman–Crippen LogP) is 5.78. The summed E-state index contributed by atoms with van der Waals surface area (Å²) in [5.41, 5.74) is 3.44. The Morgan fingerprint density at radius 3 is 2.28 bits per heavy atom. The Labute approximate surface area is 231 Å². The van der Waals surface area contributed by atoms with Crippen molar-refractivity contribution in [2.45, 2.75) is 50.3 Å². The number of hydrogen-bond donors (Lipinski definition) is 1. The molecule has 0 saturated carbocycles. The lowest BCUT2D eigenvalue weighted by Crippen LogP contribution is -2.39. The van der Waals surface area contributed by atoms with Gasteiger partial charge in [-0.15, -0.1) is 0 Å². The highest BCUT2D eigenvalue weighted by molar-refractivity contribution is 7.92. The molecule has 0 aliphatic rings. The maximum atomic E-state index is 13.5. The second kappa shape index (κ2) is 15.5. The minimum Gasteiger partial charge on any atom is -0.495 e. The van der Waals surface area contributed by atoms with Crippen molar-refractivity contribution in [3.05, 3.63) is 84.4 Å². The molecule has 8 nitrogen and oxygen atoms in total. The molecular formula is C30H37N3O5S. The number of nitrogens with one attached hydrogen (secondary N) is 1. The molecule has 9 heteroatoms. The first-order valence-electron chi connectivity index (χ1n) is 13.2. The zero-order valence-corrected chi connectivity index (χ0v) is 23.4. The number of methoxy groups -OCH3 is 1. The molecule has 1 N–H and O–H groups in total. The maximum absolute atomic E-state index is 13.5. The van der Waals surface area contributed by atoms with Crippen molar-refractivity contribution in [3.63, 3.8) is 0 Å². The second-order valence-corrected chi connectivity index (χ2v) is 10.8. The van der Waals surface area contributed by atoms with Crippen LogP contribution in [0.2, 0.25) is 0 Å². The third kappa shape index (κ3) is 9.14. The summed E-state index contributed by atoms with van der Waals surface area (Å²) in [6.45, 7) is 2.41. The second-order valence-electron chi connectivity index (χ2n) is 8.98. The number of nitrogens with zero attached hydrogens (tertiary/aromatic N) is 2. The van der Waals surface area contributed by atoms with Crippen LogP contribution >= 0.6 is 0 Å². The topological polar surface area (TPSA) is 97.3 Å². The van der Waals surface area contributed by atoms with Gasteiger partial charge in [0.1, 0.15) is 18.0 Å². The standard InChI is InChI=1S/C30H37N3O5S/c1-3-4-5-6-7-13-22-38-26-20-18-25(19-21-26)23-31-32-30(34)24-33(28-16-11-12-17-29(28)37-2)39(35,36)27-14-9-8-10-15-27/h8-12,14-21,23H,3-7,13,22,24H2,1-2H3,(H,32,34)/b31-23-. The molecule has 0 aliphatic carbocycles. The molecule has 208 valence electrons. The van der Waals surface area contributed by atoms with E-state index < -0.39 is 22.5 Å². The van der Waals surface area contributed by atoms with Crippen LogP contribution in [-0.2, 0) is 14.8 Å². The van der Waals surface area contributed by atoms with Crippen molar-refractivity contribution in [2.75, 3.05) is 24.6 Å². The summed E-state index contributed by atoms with van der Waals surface area (Å²) < 4.78 is 39.1. The van der Waals surface area contributed by atoms with Gasteiger partial charge < -0.3 is 9.47 Å². The third-order valence-electron chi connectivity index (χ3n) is 6.02. The molecule has 0 aromatic heterocycles. The highest BCUT2D eigenvalue weighted by Crippen LogP contribution is 2.32. The molecule has 0 saturated heterocycles. The first kappa shape index (κ1) is 29.7. The monoisotopic (exact) mass is 551 g/mol. The average molecular weight is 552 g/mol. The number of para-hydroxylation sites is 2. The van der Waals surface area contributed by atoms with Crippen molar-refractivity contribution in [3.8, 4) is 11.5 Å². The Morgan fingerprint density at radius 2 is 1.56 bits per heavy atom. The zero-order valence-electron chi connectivity index (χ0n) is 22.6. The van der Waals surface area contributed by atoms with Gasteiger partial charge in [-0.2, -0.15) is 5.10 Å². The van der Waals surface area contributed by atoms with E-state index in [0.29, 0.717) is 12.4 Å².